The lowest BCUT2D eigenvalue weighted by Crippen LogP contribution is -2.37. The third-order valence-corrected chi connectivity index (χ3v) is 3.25. The first-order valence-corrected chi connectivity index (χ1v) is 5.01. The fourth-order valence-electron chi connectivity index (χ4n) is 1.59. The lowest BCUT2D eigenvalue weighted by atomic mass is 10.00. The second-order valence-corrected chi connectivity index (χ2v) is 3.92. The first kappa shape index (κ1) is 9.19. The molecule has 1 aromatic rings. The molecule has 0 aromatic carbocycles. The van der Waals surface area contributed by atoms with Crippen molar-refractivity contribution in [3.63, 3.8) is 0 Å². The van der Waals surface area contributed by atoms with Crippen molar-refractivity contribution in [3.05, 3.63) is 21.4 Å². The monoisotopic (exact) mass is 206 g/mol. The molecule has 0 saturated carbocycles. The van der Waals surface area contributed by atoms with Crippen LogP contribution in [0.25, 0.3) is 0 Å². The summed E-state index contributed by atoms with van der Waals surface area (Å²) < 4.78 is 0. The third kappa shape index (κ3) is 1.29. The predicted molar refractivity (Wildman–Crippen MR) is 51.5 cm³/mol. The Balaban J connectivity index is 2.47. The zero-order valence-electron chi connectivity index (χ0n) is 7.33. The number of nitrogens with zero attached hydrogens (tertiary/aromatic N) is 1. The Hall–Kier alpha value is -1.38. The van der Waals surface area contributed by atoms with Gasteiger partial charge in [0.15, 0.2) is 0 Å². The molecule has 1 unspecified atom stereocenters. The highest BCUT2D eigenvalue weighted by atomic mass is 32.1. The maximum atomic E-state index is 11.1. The van der Waals surface area contributed by atoms with Gasteiger partial charge in [0.25, 0.3) is 0 Å². The third-order valence-electron chi connectivity index (χ3n) is 2.24. The normalized spacial score (nSPS) is 19.8. The van der Waals surface area contributed by atoms with Gasteiger partial charge in [0.2, 0.25) is 5.91 Å². The molecule has 14 heavy (non-hydrogen) atoms. The SMILES string of the molecule is N#Cc1[c]sc2c1CCNC2C(N)=O. The van der Waals surface area contributed by atoms with E-state index in [2.05, 4.69) is 16.8 Å². The van der Waals surface area contributed by atoms with Crippen LogP contribution in [0.3, 0.4) is 0 Å². The summed E-state index contributed by atoms with van der Waals surface area (Å²) in [7, 11) is 0. The largest absolute Gasteiger partial charge is 0.368 e. The van der Waals surface area contributed by atoms with E-state index >= 15 is 0 Å². The average molecular weight is 206 g/mol. The molecular formula is C9H8N3OS. The molecule has 2 rings (SSSR count). The Morgan fingerprint density at radius 3 is 3.21 bits per heavy atom. The zero-order valence-corrected chi connectivity index (χ0v) is 8.15. The summed E-state index contributed by atoms with van der Waals surface area (Å²) in [5, 5.41) is 14.7. The van der Waals surface area contributed by atoms with Crippen molar-refractivity contribution in [3.8, 4) is 6.07 Å². The van der Waals surface area contributed by atoms with Gasteiger partial charge in [0.05, 0.1) is 10.9 Å². The van der Waals surface area contributed by atoms with E-state index in [0.717, 1.165) is 16.9 Å². The van der Waals surface area contributed by atoms with Gasteiger partial charge < -0.3 is 11.1 Å². The van der Waals surface area contributed by atoms with Crippen LogP contribution in [0.2, 0.25) is 0 Å². The number of thiophene rings is 1. The predicted octanol–water partition coefficient (Wildman–Crippen LogP) is 0.0921. The van der Waals surface area contributed by atoms with Crippen molar-refractivity contribution < 1.29 is 4.79 Å². The standard InChI is InChI=1S/C9H8N3OS/c10-3-5-4-14-8-6(5)1-2-12-7(8)9(11)13/h7,12H,1-2H2,(H2,11,13). The van der Waals surface area contributed by atoms with E-state index in [-0.39, 0.29) is 0 Å². The summed E-state index contributed by atoms with van der Waals surface area (Å²) in [6.07, 6.45) is 0.766. The summed E-state index contributed by atoms with van der Waals surface area (Å²) in [4.78, 5) is 11.9. The van der Waals surface area contributed by atoms with E-state index in [9.17, 15) is 4.79 Å². The second-order valence-electron chi connectivity index (χ2n) is 3.07. The molecule has 0 bridgehead atoms. The van der Waals surface area contributed by atoms with Gasteiger partial charge >= 0.3 is 0 Å². The van der Waals surface area contributed by atoms with Crippen LogP contribution in [-0.4, -0.2) is 12.5 Å². The highest BCUT2D eigenvalue weighted by Gasteiger charge is 2.27. The highest BCUT2D eigenvalue weighted by molar-refractivity contribution is 7.10. The Bertz CT molecular complexity index is 418. The minimum Gasteiger partial charge on any atom is -0.368 e. The van der Waals surface area contributed by atoms with E-state index in [0.29, 0.717) is 12.1 Å². The maximum absolute atomic E-state index is 11.1. The molecule has 1 aliphatic rings. The van der Waals surface area contributed by atoms with Gasteiger partial charge in [-0.25, -0.2) is 0 Å². The molecule has 3 N–H and O–H groups in total. The molecular weight excluding hydrogens is 198 g/mol. The molecule has 71 valence electrons. The summed E-state index contributed by atoms with van der Waals surface area (Å²) in [5.41, 5.74) is 6.73. The van der Waals surface area contributed by atoms with Crippen LogP contribution in [0.4, 0.5) is 0 Å². The summed E-state index contributed by atoms with van der Waals surface area (Å²) in [6, 6.07) is 1.63. The number of amides is 1. The molecule has 0 fully saturated rings. The molecule has 0 spiro atoms. The van der Waals surface area contributed by atoms with E-state index < -0.39 is 11.9 Å². The minimum atomic E-state index is -0.443. The fourth-order valence-corrected chi connectivity index (χ4v) is 2.61. The second kappa shape index (κ2) is 3.40. The topological polar surface area (TPSA) is 78.9 Å². The van der Waals surface area contributed by atoms with Crippen LogP contribution in [0.1, 0.15) is 22.0 Å². The molecule has 1 aliphatic heterocycles. The van der Waals surface area contributed by atoms with Crippen molar-refractivity contribution in [2.24, 2.45) is 5.73 Å². The van der Waals surface area contributed by atoms with Crippen molar-refractivity contribution in [2.45, 2.75) is 12.5 Å². The van der Waals surface area contributed by atoms with Crippen LogP contribution >= 0.6 is 11.3 Å². The number of hydrogen-bond donors (Lipinski definition) is 2. The molecule has 1 aromatic heterocycles. The van der Waals surface area contributed by atoms with Crippen molar-refractivity contribution in [1.82, 2.24) is 5.32 Å². The van der Waals surface area contributed by atoms with E-state index in [4.69, 9.17) is 11.0 Å². The number of nitriles is 1. The first-order valence-electron chi connectivity index (χ1n) is 4.20. The molecule has 1 atom stereocenters. The van der Waals surface area contributed by atoms with E-state index in [1.165, 1.54) is 11.3 Å². The lowest BCUT2D eigenvalue weighted by molar-refractivity contribution is -0.120. The number of rotatable bonds is 1. The molecule has 5 heteroatoms. The van der Waals surface area contributed by atoms with Gasteiger partial charge in [-0.05, 0) is 12.0 Å². The van der Waals surface area contributed by atoms with Crippen LogP contribution < -0.4 is 11.1 Å². The van der Waals surface area contributed by atoms with Crippen LogP contribution in [0.15, 0.2) is 0 Å². The number of carbonyl (C=O) groups excluding carboxylic acids is 1. The van der Waals surface area contributed by atoms with E-state index in [1.54, 1.807) is 0 Å². The average Bonchev–Trinajstić information content (AvgIpc) is 2.59. The van der Waals surface area contributed by atoms with Gasteiger partial charge in [-0.2, -0.15) is 5.26 Å². The number of nitrogens with two attached hydrogens (primary N) is 1. The smallest absolute Gasteiger partial charge is 0.240 e. The minimum absolute atomic E-state index is 0.398. The lowest BCUT2D eigenvalue weighted by Gasteiger charge is -2.21. The van der Waals surface area contributed by atoms with Crippen LogP contribution in [0.5, 0.6) is 0 Å². The van der Waals surface area contributed by atoms with Gasteiger partial charge in [0, 0.05) is 11.4 Å². The molecule has 1 radical (unpaired) electrons. The van der Waals surface area contributed by atoms with Crippen molar-refractivity contribution in [1.29, 1.82) is 5.26 Å². The van der Waals surface area contributed by atoms with Crippen LogP contribution in [0, 0.1) is 16.7 Å². The fraction of sp³-hybridized carbons (Fsp3) is 0.333. The molecule has 2 heterocycles. The summed E-state index contributed by atoms with van der Waals surface area (Å²) in [5.74, 6) is -0.398. The van der Waals surface area contributed by atoms with E-state index in [1.807, 2.05) is 0 Å². The quantitative estimate of drug-likeness (QED) is 0.683. The number of carbonyl (C=O) groups is 1. The zero-order chi connectivity index (χ0) is 10.1. The summed E-state index contributed by atoms with van der Waals surface area (Å²) >= 11 is 1.30. The Kier molecular flexibility index (Phi) is 2.23. The summed E-state index contributed by atoms with van der Waals surface area (Å²) in [6.45, 7) is 0.680. The number of fused-ring (bicyclic) bond motifs is 1. The van der Waals surface area contributed by atoms with Crippen molar-refractivity contribution >= 4 is 17.2 Å². The Morgan fingerprint density at radius 1 is 1.79 bits per heavy atom. The maximum Gasteiger partial charge on any atom is 0.240 e. The van der Waals surface area contributed by atoms with Crippen molar-refractivity contribution in [2.75, 3.05) is 6.54 Å². The number of hydrogen-bond acceptors (Lipinski definition) is 4. The molecule has 1 amide bonds. The van der Waals surface area contributed by atoms with Gasteiger partial charge in [-0.15, -0.1) is 11.3 Å². The molecule has 0 aliphatic carbocycles. The molecule has 0 saturated heterocycles. The molecule has 4 nitrogen and oxygen atoms in total. The Labute approximate surface area is 85.3 Å². The first-order chi connectivity index (χ1) is 6.74. The van der Waals surface area contributed by atoms with Gasteiger partial charge in [-0.3, -0.25) is 4.79 Å². The van der Waals surface area contributed by atoms with Gasteiger partial charge in [0.1, 0.15) is 12.1 Å². The van der Waals surface area contributed by atoms with Gasteiger partial charge in [-0.1, -0.05) is 0 Å². The number of primary amides is 1. The van der Waals surface area contributed by atoms with Crippen LogP contribution in [-0.2, 0) is 11.2 Å². The Morgan fingerprint density at radius 2 is 2.57 bits per heavy atom. The highest BCUT2D eigenvalue weighted by Crippen LogP contribution is 2.30. The number of nitrogens with one attached hydrogen (secondary N) is 1.